The SMILES string of the molecule is NS(=O)(=O)c1ccc(NC(=O)CN2CCN(C(=O)Cc3ccccc3Cl)CC2)cc1. The summed E-state index contributed by atoms with van der Waals surface area (Å²) in [6.07, 6.45) is 0.259. The summed E-state index contributed by atoms with van der Waals surface area (Å²) in [4.78, 5) is 28.5. The van der Waals surface area contributed by atoms with Crippen LogP contribution in [-0.4, -0.2) is 62.8 Å². The summed E-state index contributed by atoms with van der Waals surface area (Å²) in [5.41, 5.74) is 1.29. The van der Waals surface area contributed by atoms with Crippen molar-refractivity contribution >= 4 is 39.1 Å². The number of carbonyl (C=O) groups is 2. The van der Waals surface area contributed by atoms with Crippen molar-refractivity contribution < 1.29 is 18.0 Å². The molecule has 3 N–H and O–H groups in total. The third kappa shape index (κ3) is 6.02. The summed E-state index contributed by atoms with van der Waals surface area (Å²) in [6.45, 7) is 2.45. The second-order valence-corrected chi connectivity index (χ2v) is 9.01. The molecule has 8 nitrogen and oxygen atoms in total. The molecule has 10 heteroatoms. The van der Waals surface area contributed by atoms with Crippen molar-refractivity contribution in [3.05, 3.63) is 59.1 Å². The molecule has 0 aromatic heterocycles. The number of amides is 2. The zero-order valence-electron chi connectivity index (χ0n) is 16.3. The lowest BCUT2D eigenvalue weighted by atomic mass is 10.1. The lowest BCUT2D eigenvalue weighted by Gasteiger charge is -2.34. The van der Waals surface area contributed by atoms with E-state index in [0.717, 1.165) is 5.56 Å². The van der Waals surface area contributed by atoms with E-state index in [9.17, 15) is 18.0 Å². The topological polar surface area (TPSA) is 113 Å². The van der Waals surface area contributed by atoms with Gasteiger partial charge in [0.2, 0.25) is 21.8 Å². The summed E-state index contributed by atoms with van der Waals surface area (Å²) >= 11 is 6.13. The highest BCUT2D eigenvalue weighted by molar-refractivity contribution is 7.89. The van der Waals surface area contributed by atoms with Crippen molar-refractivity contribution in [2.45, 2.75) is 11.3 Å². The van der Waals surface area contributed by atoms with Crippen molar-refractivity contribution in [1.29, 1.82) is 0 Å². The third-order valence-electron chi connectivity index (χ3n) is 4.86. The first-order valence-corrected chi connectivity index (χ1v) is 11.3. The first kappa shape index (κ1) is 22.2. The molecule has 2 aromatic carbocycles. The summed E-state index contributed by atoms with van der Waals surface area (Å²) < 4.78 is 22.5. The second kappa shape index (κ2) is 9.57. The molecular weight excluding hydrogens is 428 g/mol. The number of carbonyl (C=O) groups excluding carboxylic acids is 2. The van der Waals surface area contributed by atoms with Crippen LogP contribution in [0.5, 0.6) is 0 Å². The molecule has 1 fully saturated rings. The minimum atomic E-state index is -3.77. The highest BCUT2D eigenvalue weighted by Crippen LogP contribution is 2.17. The largest absolute Gasteiger partial charge is 0.340 e. The van der Waals surface area contributed by atoms with E-state index in [1.54, 1.807) is 11.0 Å². The number of rotatable bonds is 6. The number of sulfonamides is 1. The highest BCUT2D eigenvalue weighted by Gasteiger charge is 2.23. The predicted octanol–water partition coefficient (Wildman–Crippen LogP) is 1.31. The molecule has 1 saturated heterocycles. The van der Waals surface area contributed by atoms with Crippen molar-refractivity contribution in [1.82, 2.24) is 9.80 Å². The smallest absolute Gasteiger partial charge is 0.238 e. The normalized spacial score (nSPS) is 15.1. The molecule has 160 valence electrons. The molecule has 0 radical (unpaired) electrons. The number of hydrogen-bond acceptors (Lipinski definition) is 5. The average Bonchev–Trinajstić information content (AvgIpc) is 2.70. The van der Waals surface area contributed by atoms with Gasteiger partial charge in [-0.2, -0.15) is 0 Å². The van der Waals surface area contributed by atoms with Crippen LogP contribution < -0.4 is 10.5 Å². The van der Waals surface area contributed by atoms with Gasteiger partial charge in [0.25, 0.3) is 0 Å². The van der Waals surface area contributed by atoms with E-state index < -0.39 is 10.0 Å². The maximum absolute atomic E-state index is 12.5. The van der Waals surface area contributed by atoms with E-state index in [1.807, 2.05) is 23.1 Å². The summed E-state index contributed by atoms with van der Waals surface area (Å²) in [5.74, 6) is -0.198. The molecule has 2 amide bonds. The van der Waals surface area contributed by atoms with Crippen LogP contribution in [-0.2, 0) is 26.0 Å². The molecule has 0 saturated carbocycles. The van der Waals surface area contributed by atoms with Crippen LogP contribution >= 0.6 is 11.6 Å². The minimum Gasteiger partial charge on any atom is -0.340 e. The van der Waals surface area contributed by atoms with Crippen LogP contribution in [0.2, 0.25) is 5.02 Å². The van der Waals surface area contributed by atoms with Gasteiger partial charge in [0.05, 0.1) is 17.9 Å². The first-order valence-electron chi connectivity index (χ1n) is 9.38. The molecule has 0 spiro atoms. The molecular formula is C20H23ClN4O4S. The molecule has 1 aliphatic rings. The van der Waals surface area contributed by atoms with E-state index in [-0.39, 0.29) is 29.7 Å². The van der Waals surface area contributed by atoms with Gasteiger partial charge in [-0.15, -0.1) is 0 Å². The van der Waals surface area contributed by atoms with Gasteiger partial charge in [-0.05, 0) is 35.9 Å². The Labute approximate surface area is 180 Å². The van der Waals surface area contributed by atoms with Crippen LogP contribution in [0.1, 0.15) is 5.56 Å². The maximum atomic E-state index is 12.5. The third-order valence-corrected chi connectivity index (χ3v) is 6.16. The number of nitrogens with one attached hydrogen (secondary N) is 1. The van der Waals surface area contributed by atoms with Crippen LogP contribution in [0.15, 0.2) is 53.4 Å². The summed E-state index contributed by atoms with van der Waals surface area (Å²) in [5, 5.41) is 8.37. The number of piperazine rings is 1. The summed E-state index contributed by atoms with van der Waals surface area (Å²) in [7, 11) is -3.77. The Morgan fingerprint density at radius 2 is 1.63 bits per heavy atom. The fraction of sp³-hybridized carbons (Fsp3) is 0.300. The number of benzene rings is 2. The van der Waals surface area contributed by atoms with Gasteiger partial charge in [0.15, 0.2) is 0 Å². The van der Waals surface area contributed by atoms with Gasteiger partial charge in [-0.1, -0.05) is 29.8 Å². The number of halogens is 1. The van der Waals surface area contributed by atoms with Gasteiger partial charge in [0, 0.05) is 36.9 Å². The minimum absolute atomic E-state index is 0.0157. The fourth-order valence-electron chi connectivity index (χ4n) is 3.20. The molecule has 2 aromatic rings. The van der Waals surface area contributed by atoms with E-state index >= 15 is 0 Å². The lowest BCUT2D eigenvalue weighted by Crippen LogP contribution is -2.50. The lowest BCUT2D eigenvalue weighted by molar-refractivity contribution is -0.132. The molecule has 0 unspecified atom stereocenters. The Bertz CT molecular complexity index is 1020. The Kier molecular flexibility index (Phi) is 7.09. The van der Waals surface area contributed by atoms with E-state index in [2.05, 4.69) is 5.32 Å². The van der Waals surface area contributed by atoms with Crippen molar-refractivity contribution in [2.24, 2.45) is 5.14 Å². The Hall–Kier alpha value is -2.46. The van der Waals surface area contributed by atoms with Gasteiger partial charge >= 0.3 is 0 Å². The van der Waals surface area contributed by atoms with Crippen LogP contribution in [0.4, 0.5) is 5.69 Å². The van der Waals surface area contributed by atoms with Gasteiger partial charge in [-0.25, -0.2) is 13.6 Å². The fourth-order valence-corrected chi connectivity index (χ4v) is 3.92. The molecule has 0 bridgehead atoms. The Morgan fingerprint density at radius 3 is 2.23 bits per heavy atom. The first-order chi connectivity index (χ1) is 14.2. The highest BCUT2D eigenvalue weighted by atomic mass is 35.5. The zero-order chi connectivity index (χ0) is 21.7. The summed E-state index contributed by atoms with van der Waals surface area (Å²) in [6, 6.07) is 13.0. The van der Waals surface area contributed by atoms with E-state index in [4.69, 9.17) is 16.7 Å². The van der Waals surface area contributed by atoms with Gasteiger partial charge < -0.3 is 10.2 Å². The Balaban J connectivity index is 1.45. The second-order valence-electron chi connectivity index (χ2n) is 7.04. The molecule has 3 rings (SSSR count). The number of hydrogen-bond donors (Lipinski definition) is 2. The maximum Gasteiger partial charge on any atom is 0.238 e. The molecule has 1 aliphatic heterocycles. The number of nitrogens with zero attached hydrogens (tertiary/aromatic N) is 2. The van der Waals surface area contributed by atoms with Gasteiger partial charge in [-0.3, -0.25) is 14.5 Å². The zero-order valence-corrected chi connectivity index (χ0v) is 17.8. The quantitative estimate of drug-likeness (QED) is 0.689. The van der Waals surface area contributed by atoms with Crippen molar-refractivity contribution in [3.63, 3.8) is 0 Å². The monoisotopic (exact) mass is 450 g/mol. The molecule has 0 aliphatic carbocycles. The average molecular weight is 451 g/mol. The standard InChI is InChI=1S/C20H23ClN4O4S/c21-18-4-2-1-3-15(18)13-20(27)25-11-9-24(10-12-25)14-19(26)23-16-5-7-17(8-6-16)30(22,28)29/h1-8H,9-14H2,(H,23,26)(H2,22,28,29). The van der Waals surface area contributed by atoms with E-state index in [1.165, 1.54) is 24.3 Å². The molecule has 1 heterocycles. The number of anilines is 1. The van der Waals surface area contributed by atoms with Crippen LogP contribution in [0.25, 0.3) is 0 Å². The predicted molar refractivity (Wildman–Crippen MR) is 115 cm³/mol. The van der Waals surface area contributed by atoms with Gasteiger partial charge in [0.1, 0.15) is 0 Å². The van der Waals surface area contributed by atoms with Crippen molar-refractivity contribution in [3.8, 4) is 0 Å². The number of nitrogens with two attached hydrogens (primary N) is 1. The van der Waals surface area contributed by atoms with E-state index in [0.29, 0.717) is 36.9 Å². The van der Waals surface area contributed by atoms with Crippen LogP contribution in [0.3, 0.4) is 0 Å². The van der Waals surface area contributed by atoms with Crippen molar-refractivity contribution in [2.75, 3.05) is 38.0 Å². The molecule has 30 heavy (non-hydrogen) atoms. The number of primary sulfonamides is 1. The Morgan fingerprint density at radius 1 is 1.00 bits per heavy atom. The van der Waals surface area contributed by atoms with Crippen LogP contribution in [0, 0.1) is 0 Å². The molecule has 0 atom stereocenters.